The summed E-state index contributed by atoms with van der Waals surface area (Å²) in [4.78, 5) is 10.6. The van der Waals surface area contributed by atoms with Crippen molar-refractivity contribution in [2.45, 2.75) is 20.5 Å². The molecular weight excluding hydrogens is 260 g/mol. The van der Waals surface area contributed by atoms with E-state index in [1.165, 1.54) is 6.08 Å². The molecule has 0 atom stereocenters. The zero-order chi connectivity index (χ0) is 14.5. The number of aryl methyl sites for hydroxylation is 2. The van der Waals surface area contributed by atoms with E-state index in [0.29, 0.717) is 23.1 Å². The molecule has 0 aliphatic rings. The molecule has 0 amide bonds. The van der Waals surface area contributed by atoms with Crippen LogP contribution >= 0.6 is 0 Å². The van der Waals surface area contributed by atoms with Crippen molar-refractivity contribution in [2.75, 3.05) is 0 Å². The van der Waals surface area contributed by atoms with Crippen LogP contribution < -0.4 is 4.74 Å². The smallest absolute Gasteiger partial charge is 0.328 e. The lowest BCUT2D eigenvalue weighted by molar-refractivity contribution is -0.131. The van der Waals surface area contributed by atoms with Gasteiger partial charge in [-0.2, -0.15) is 0 Å². The number of hydrogen-bond acceptors (Lipinski definition) is 5. The lowest BCUT2D eigenvalue weighted by Crippen LogP contribution is -1.98. The summed E-state index contributed by atoms with van der Waals surface area (Å²) in [7, 11) is 0. The molecule has 104 valence electrons. The number of benzene rings is 1. The Labute approximate surface area is 115 Å². The molecule has 0 saturated carbocycles. The third-order valence-electron chi connectivity index (χ3n) is 2.49. The van der Waals surface area contributed by atoms with Crippen LogP contribution in [-0.2, 0) is 11.4 Å². The average Bonchev–Trinajstić information content (AvgIpc) is 2.81. The van der Waals surface area contributed by atoms with Crippen molar-refractivity contribution >= 4 is 12.0 Å². The zero-order valence-electron chi connectivity index (χ0n) is 11.2. The summed E-state index contributed by atoms with van der Waals surface area (Å²) in [5.41, 5.74) is 1.69. The highest BCUT2D eigenvalue weighted by molar-refractivity contribution is 5.85. The highest BCUT2D eigenvalue weighted by atomic mass is 16.5. The van der Waals surface area contributed by atoms with E-state index in [9.17, 15) is 4.79 Å². The van der Waals surface area contributed by atoms with Crippen molar-refractivity contribution in [1.29, 1.82) is 0 Å². The zero-order valence-corrected chi connectivity index (χ0v) is 11.2. The number of rotatable bonds is 5. The van der Waals surface area contributed by atoms with Crippen LogP contribution in [0.3, 0.4) is 0 Å². The second-order valence-corrected chi connectivity index (χ2v) is 4.22. The highest BCUT2D eigenvalue weighted by Gasteiger charge is 2.06. The average molecular weight is 274 g/mol. The maximum Gasteiger partial charge on any atom is 0.328 e. The Morgan fingerprint density at radius 1 is 1.40 bits per heavy atom. The Balaban J connectivity index is 2.15. The molecule has 1 heterocycles. The largest absolute Gasteiger partial charge is 0.483 e. The van der Waals surface area contributed by atoms with Crippen molar-refractivity contribution in [2.24, 2.45) is 0 Å². The molecule has 0 bridgehead atoms. The van der Waals surface area contributed by atoms with Gasteiger partial charge in [0.15, 0.2) is 6.61 Å². The monoisotopic (exact) mass is 274 g/mol. The van der Waals surface area contributed by atoms with Crippen LogP contribution in [-0.4, -0.2) is 21.3 Å². The number of carbonyl (C=O) groups is 1. The van der Waals surface area contributed by atoms with Crippen LogP contribution in [0.5, 0.6) is 5.75 Å². The Morgan fingerprint density at radius 2 is 2.20 bits per heavy atom. The lowest BCUT2D eigenvalue weighted by atomic mass is 10.1. The van der Waals surface area contributed by atoms with Gasteiger partial charge in [-0.3, -0.25) is 0 Å². The van der Waals surface area contributed by atoms with Crippen LogP contribution in [0, 0.1) is 13.8 Å². The van der Waals surface area contributed by atoms with Crippen molar-refractivity contribution in [3.05, 3.63) is 47.2 Å². The Morgan fingerprint density at radius 3 is 2.85 bits per heavy atom. The molecule has 1 aromatic heterocycles. The molecule has 1 aromatic carbocycles. The molecule has 0 aliphatic heterocycles. The number of aliphatic carboxylic acids is 1. The van der Waals surface area contributed by atoms with Gasteiger partial charge in [0.25, 0.3) is 5.89 Å². The maximum atomic E-state index is 10.6. The minimum Gasteiger partial charge on any atom is -0.483 e. The van der Waals surface area contributed by atoms with Crippen LogP contribution in [0.15, 0.2) is 28.7 Å². The number of nitrogens with zero attached hydrogens (tertiary/aromatic N) is 2. The predicted octanol–water partition coefficient (Wildman–Crippen LogP) is 2.36. The normalized spacial score (nSPS) is 10.9. The van der Waals surface area contributed by atoms with E-state index in [2.05, 4.69) is 10.2 Å². The summed E-state index contributed by atoms with van der Waals surface area (Å²) in [5, 5.41) is 16.2. The van der Waals surface area contributed by atoms with Crippen LogP contribution in [0.4, 0.5) is 0 Å². The standard InChI is InChI=1S/C14H14N2O4/c1-9-3-5-12(11(7-9)4-6-14(17)18)19-8-13-16-15-10(2)20-13/h3-7H,8H2,1-2H3,(H,17,18). The first-order valence-electron chi connectivity index (χ1n) is 5.98. The van der Waals surface area contributed by atoms with Crippen LogP contribution in [0.2, 0.25) is 0 Å². The summed E-state index contributed by atoms with van der Waals surface area (Å²) in [6.07, 6.45) is 2.56. The number of ether oxygens (including phenoxy) is 1. The SMILES string of the molecule is Cc1ccc(OCc2nnc(C)o2)c(C=CC(=O)O)c1. The molecule has 6 heteroatoms. The predicted molar refractivity (Wildman–Crippen MR) is 71.2 cm³/mol. The van der Waals surface area contributed by atoms with E-state index >= 15 is 0 Å². The fraction of sp³-hybridized carbons (Fsp3) is 0.214. The van der Waals surface area contributed by atoms with Gasteiger partial charge < -0.3 is 14.3 Å². The summed E-state index contributed by atoms with van der Waals surface area (Å²) >= 11 is 0. The van der Waals surface area contributed by atoms with Gasteiger partial charge in [-0.05, 0) is 25.1 Å². The van der Waals surface area contributed by atoms with E-state index < -0.39 is 5.97 Å². The number of aromatic nitrogens is 2. The van der Waals surface area contributed by atoms with Gasteiger partial charge in [-0.1, -0.05) is 11.6 Å². The Bertz CT molecular complexity index is 646. The first-order valence-corrected chi connectivity index (χ1v) is 5.98. The molecule has 0 unspecified atom stereocenters. The molecule has 2 aromatic rings. The molecule has 0 fully saturated rings. The number of hydrogen-bond donors (Lipinski definition) is 1. The molecule has 2 rings (SSSR count). The first-order chi connectivity index (χ1) is 9.54. The summed E-state index contributed by atoms with van der Waals surface area (Å²) in [6, 6.07) is 5.50. The molecule has 0 spiro atoms. The summed E-state index contributed by atoms with van der Waals surface area (Å²) in [5.74, 6) is 0.392. The van der Waals surface area contributed by atoms with Gasteiger partial charge in [0.05, 0.1) is 0 Å². The second kappa shape index (κ2) is 6.01. The van der Waals surface area contributed by atoms with Crippen molar-refractivity contribution in [3.63, 3.8) is 0 Å². The molecule has 0 saturated heterocycles. The minimum absolute atomic E-state index is 0.137. The molecule has 0 aliphatic carbocycles. The first kappa shape index (κ1) is 13.8. The third kappa shape index (κ3) is 3.68. The van der Waals surface area contributed by atoms with E-state index in [1.807, 2.05) is 19.1 Å². The van der Waals surface area contributed by atoms with Gasteiger partial charge in [-0.25, -0.2) is 4.79 Å². The molecule has 20 heavy (non-hydrogen) atoms. The van der Waals surface area contributed by atoms with E-state index in [-0.39, 0.29) is 6.61 Å². The summed E-state index contributed by atoms with van der Waals surface area (Å²) in [6.45, 7) is 3.75. The fourth-order valence-corrected chi connectivity index (χ4v) is 1.63. The highest BCUT2D eigenvalue weighted by Crippen LogP contribution is 2.22. The summed E-state index contributed by atoms with van der Waals surface area (Å²) < 4.78 is 10.8. The Kier molecular flexibility index (Phi) is 4.14. The molecule has 1 N–H and O–H groups in total. The van der Waals surface area contributed by atoms with Gasteiger partial charge in [0.2, 0.25) is 5.89 Å². The second-order valence-electron chi connectivity index (χ2n) is 4.22. The number of carboxylic acids is 1. The van der Waals surface area contributed by atoms with Crippen molar-refractivity contribution in [3.8, 4) is 5.75 Å². The van der Waals surface area contributed by atoms with Gasteiger partial charge in [-0.15, -0.1) is 10.2 Å². The molecular formula is C14H14N2O4. The maximum absolute atomic E-state index is 10.6. The van der Waals surface area contributed by atoms with Crippen LogP contribution in [0.1, 0.15) is 22.9 Å². The topological polar surface area (TPSA) is 85.5 Å². The van der Waals surface area contributed by atoms with Crippen molar-refractivity contribution in [1.82, 2.24) is 10.2 Å². The third-order valence-corrected chi connectivity index (χ3v) is 2.49. The Hall–Kier alpha value is -2.63. The van der Waals surface area contributed by atoms with Gasteiger partial charge in [0.1, 0.15) is 5.75 Å². The van der Waals surface area contributed by atoms with Crippen molar-refractivity contribution < 1.29 is 19.1 Å². The number of carboxylic acid groups (broad SMARTS) is 1. The van der Waals surface area contributed by atoms with E-state index in [1.54, 1.807) is 13.0 Å². The van der Waals surface area contributed by atoms with E-state index in [4.69, 9.17) is 14.3 Å². The lowest BCUT2D eigenvalue weighted by Gasteiger charge is -2.08. The quantitative estimate of drug-likeness (QED) is 0.842. The minimum atomic E-state index is -1.01. The molecule has 6 nitrogen and oxygen atoms in total. The molecule has 0 radical (unpaired) electrons. The van der Waals surface area contributed by atoms with Crippen LogP contribution in [0.25, 0.3) is 6.08 Å². The van der Waals surface area contributed by atoms with Gasteiger partial charge in [0, 0.05) is 18.6 Å². The van der Waals surface area contributed by atoms with E-state index in [0.717, 1.165) is 11.6 Å². The fourth-order valence-electron chi connectivity index (χ4n) is 1.63. The van der Waals surface area contributed by atoms with Gasteiger partial charge >= 0.3 is 5.97 Å².